The normalized spacial score (nSPS) is 17.4. The van der Waals surface area contributed by atoms with Crippen LogP contribution >= 0.6 is 23.5 Å². The van der Waals surface area contributed by atoms with E-state index < -0.39 is 0 Å². The highest BCUT2D eigenvalue weighted by Gasteiger charge is 2.28. The number of amides is 2. The summed E-state index contributed by atoms with van der Waals surface area (Å²) in [4.78, 5) is 45.7. The van der Waals surface area contributed by atoms with Crippen molar-refractivity contribution < 1.29 is 9.59 Å². The standard InChI is InChI=1S/C30H36N6O2S2/c1-35-27(37)25(21-23-15-9-11-17-31-23)33-29(35)39-19-13-7-5-3-4-6-8-14-20-40-30-34-26(28(38)36(30)2)22-24-16-10-12-18-32-24/h9-12,15-18,21-22H,3-8,13-14,19-20H2,1-2H3/b25-21-,26-22-. The van der Waals surface area contributed by atoms with Crippen molar-refractivity contribution in [2.24, 2.45) is 9.98 Å². The molecule has 0 fully saturated rings. The summed E-state index contributed by atoms with van der Waals surface area (Å²) in [5.41, 5.74) is 2.37. The highest BCUT2D eigenvalue weighted by molar-refractivity contribution is 8.14. The quantitative estimate of drug-likeness (QED) is 0.211. The predicted molar refractivity (Wildman–Crippen MR) is 167 cm³/mol. The molecule has 0 saturated heterocycles. The van der Waals surface area contributed by atoms with Crippen LogP contribution in [-0.4, -0.2) is 67.5 Å². The smallest absolute Gasteiger partial charge is 0.278 e. The fraction of sp³-hybridized carbons (Fsp3) is 0.400. The third-order valence-electron chi connectivity index (χ3n) is 6.50. The minimum Gasteiger partial charge on any atom is -0.289 e. The third-order valence-corrected chi connectivity index (χ3v) is 8.73. The van der Waals surface area contributed by atoms with Crippen LogP contribution in [0.25, 0.3) is 12.2 Å². The first-order valence-corrected chi connectivity index (χ1v) is 15.7. The van der Waals surface area contributed by atoms with E-state index in [1.54, 1.807) is 72.0 Å². The summed E-state index contributed by atoms with van der Waals surface area (Å²) in [6, 6.07) is 11.2. The van der Waals surface area contributed by atoms with Gasteiger partial charge in [-0.15, -0.1) is 0 Å². The van der Waals surface area contributed by atoms with Crippen molar-refractivity contribution in [1.29, 1.82) is 0 Å². The fourth-order valence-corrected chi connectivity index (χ4v) is 6.15. The highest BCUT2D eigenvalue weighted by atomic mass is 32.2. The fourth-order valence-electron chi connectivity index (χ4n) is 4.21. The first-order valence-electron chi connectivity index (χ1n) is 13.8. The number of amidine groups is 2. The zero-order valence-corrected chi connectivity index (χ0v) is 24.8. The Morgan fingerprint density at radius 1 is 0.625 bits per heavy atom. The van der Waals surface area contributed by atoms with Crippen molar-refractivity contribution in [1.82, 2.24) is 19.8 Å². The first-order chi connectivity index (χ1) is 19.5. The molecule has 40 heavy (non-hydrogen) atoms. The number of likely N-dealkylation sites (N-methyl/N-ethyl adjacent to an activating group) is 2. The zero-order chi connectivity index (χ0) is 28.2. The molecule has 8 nitrogen and oxygen atoms in total. The van der Waals surface area contributed by atoms with Gasteiger partial charge in [0.1, 0.15) is 11.4 Å². The number of carbonyl (C=O) groups is 2. The molecular formula is C30H36N6O2S2. The number of carbonyl (C=O) groups excluding carboxylic acids is 2. The molecule has 2 aromatic heterocycles. The molecule has 210 valence electrons. The van der Waals surface area contributed by atoms with Gasteiger partial charge in [-0.1, -0.05) is 74.2 Å². The van der Waals surface area contributed by atoms with Crippen molar-refractivity contribution in [3.63, 3.8) is 0 Å². The van der Waals surface area contributed by atoms with Gasteiger partial charge in [0.25, 0.3) is 11.8 Å². The van der Waals surface area contributed by atoms with Crippen molar-refractivity contribution in [3.05, 3.63) is 71.6 Å². The summed E-state index contributed by atoms with van der Waals surface area (Å²) in [5, 5.41) is 1.54. The SMILES string of the molecule is CN1C(=O)/C(=C/c2ccccn2)N=C1SCCCCCCCCCCSC1=N/C(=C\c2ccccn2)C(=O)N1C. The molecule has 10 heteroatoms. The highest BCUT2D eigenvalue weighted by Crippen LogP contribution is 2.24. The van der Waals surface area contributed by atoms with E-state index in [-0.39, 0.29) is 11.8 Å². The van der Waals surface area contributed by atoms with E-state index in [2.05, 4.69) is 20.0 Å². The average molecular weight is 577 g/mol. The molecule has 2 aliphatic heterocycles. The Morgan fingerprint density at radius 2 is 1.02 bits per heavy atom. The monoisotopic (exact) mass is 576 g/mol. The van der Waals surface area contributed by atoms with Crippen LogP contribution < -0.4 is 0 Å². The zero-order valence-electron chi connectivity index (χ0n) is 23.2. The maximum atomic E-state index is 12.5. The van der Waals surface area contributed by atoms with Gasteiger partial charge in [0, 0.05) is 38.0 Å². The maximum Gasteiger partial charge on any atom is 0.278 e. The summed E-state index contributed by atoms with van der Waals surface area (Å²) < 4.78 is 0. The number of hydrogen-bond donors (Lipinski definition) is 0. The number of aliphatic imine (C=N–C) groups is 2. The number of hydrogen-bond acceptors (Lipinski definition) is 8. The van der Waals surface area contributed by atoms with E-state index in [4.69, 9.17) is 0 Å². The van der Waals surface area contributed by atoms with Crippen LogP contribution in [0.1, 0.15) is 62.8 Å². The van der Waals surface area contributed by atoms with Gasteiger partial charge in [0.05, 0.1) is 11.4 Å². The van der Waals surface area contributed by atoms with E-state index in [1.807, 2.05) is 36.4 Å². The number of thioether (sulfide) groups is 2. The minimum absolute atomic E-state index is 0.0782. The third kappa shape index (κ3) is 8.63. The van der Waals surface area contributed by atoms with Gasteiger partial charge in [-0.25, -0.2) is 9.98 Å². The van der Waals surface area contributed by atoms with Crippen LogP contribution in [0.2, 0.25) is 0 Å². The maximum absolute atomic E-state index is 12.5. The molecule has 2 aliphatic rings. The number of pyridine rings is 2. The second kappa shape index (κ2) is 15.5. The molecule has 2 aromatic rings. The molecule has 0 aromatic carbocycles. The lowest BCUT2D eigenvalue weighted by molar-refractivity contribution is -0.122. The molecule has 0 N–H and O–H groups in total. The van der Waals surface area contributed by atoms with Gasteiger partial charge in [-0.3, -0.25) is 29.4 Å². The molecule has 4 rings (SSSR count). The van der Waals surface area contributed by atoms with E-state index in [0.29, 0.717) is 11.4 Å². The summed E-state index contributed by atoms with van der Waals surface area (Å²) in [7, 11) is 3.56. The molecular weight excluding hydrogens is 541 g/mol. The van der Waals surface area contributed by atoms with Crippen molar-refractivity contribution in [2.75, 3.05) is 25.6 Å². The van der Waals surface area contributed by atoms with Gasteiger partial charge in [-0.05, 0) is 49.3 Å². The molecule has 0 saturated carbocycles. The lowest BCUT2D eigenvalue weighted by atomic mass is 10.1. The molecule has 0 atom stereocenters. The lowest BCUT2D eigenvalue weighted by Gasteiger charge is -2.10. The predicted octanol–water partition coefficient (Wildman–Crippen LogP) is 6.10. The molecule has 2 amide bonds. The van der Waals surface area contributed by atoms with E-state index in [0.717, 1.165) is 46.1 Å². The van der Waals surface area contributed by atoms with E-state index >= 15 is 0 Å². The molecule has 0 unspecified atom stereocenters. The van der Waals surface area contributed by atoms with Crippen LogP contribution in [0.4, 0.5) is 0 Å². The van der Waals surface area contributed by atoms with Crippen molar-refractivity contribution >= 4 is 57.8 Å². The van der Waals surface area contributed by atoms with Crippen LogP contribution in [0.15, 0.2) is 70.2 Å². The number of unbranched alkanes of at least 4 members (excludes halogenated alkanes) is 7. The van der Waals surface area contributed by atoms with Crippen molar-refractivity contribution in [2.45, 2.75) is 51.4 Å². The second-order valence-corrected chi connectivity index (χ2v) is 11.7. The Hall–Kier alpha value is -3.24. The van der Waals surface area contributed by atoms with Crippen LogP contribution in [0, 0.1) is 0 Å². The molecule has 0 spiro atoms. The summed E-state index contributed by atoms with van der Waals surface area (Å²) in [6.45, 7) is 0. The average Bonchev–Trinajstić information content (AvgIpc) is 3.39. The number of nitrogens with zero attached hydrogens (tertiary/aromatic N) is 6. The Balaban J connectivity index is 1.03. The Labute approximate surface area is 245 Å². The Kier molecular flexibility index (Phi) is 11.5. The van der Waals surface area contributed by atoms with Crippen molar-refractivity contribution in [3.8, 4) is 0 Å². The molecule has 0 radical (unpaired) electrons. The van der Waals surface area contributed by atoms with E-state index in [9.17, 15) is 9.59 Å². The van der Waals surface area contributed by atoms with Gasteiger partial charge in [-0.2, -0.15) is 0 Å². The number of rotatable bonds is 13. The molecule has 0 bridgehead atoms. The first kappa shape index (κ1) is 29.7. The van der Waals surface area contributed by atoms with Gasteiger partial charge >= 0.3 is 0 Å². The molecule has 0 aliphatic carbocycles. The second-order valence-electron chi connectivity index (χ2n) is 9.61. The number of aromatic nitrogens is 2. The van der Waals surface area contributed by atoms with Crippen LogP contribution in [0.3, 0.4) is 0 Å². The largest absolute Gasteiger partial charge is 0.289 e. The Bertz CT molecular complexity index is 1180. The minimum atomic E-state index is -0.0782. The van der Waals surface area contributed by atoms with Gasteiger partial charge in [0.2, 0.25) is 0 Å². The van der Waals surface area contributed by atoms with Gasteiger partial charge in [0.15, 0.2) is 10.3 Å². The van der Waals surface area contributed by atoms with Crippen LogP contribution in [0.5, 0.6) is 0 Å². The topological polar surface area (TPSA) is 91.1 Å². The van der Waals surface area contributed by atoms with Gasteiger partial charge < -0.3 is 0 Å². The van der Waals surface area contributed by atoms with Crippen LogP contribution in [-0.2, 0) is 9.59 Å². The summed E-state index contributed by atoms with van der Waals surface area (Å²) >= 11 is 3.30. The summed E-state index contributed by atoms with van der Waals surface area (Å²) in [5.74, 6) is 1.77. The molecule has 4 heterocycles. The Morgan fingerprint density at radius 3 is 1.40 bits per heavy atom. The lowest BCUT2D eigenvalue weighted by Crippen LogP contribution is -2.25. The van der Waals surface area contributed by atoms with E-state index in [1.165, 1.54) is 38.5 Å². The summed E-state index contributed by atoms with van der Waals surface area (Å²) in [6.07, 6.45) is 16.5.